The van der Waals surface area contributed by atoms with Gasteiger partial charge < -0.3 is 10.2 Å². The van der Waals surface area contributed by atoms with Crippen LogP contribution in [0.2, 0.25) is 0 Å². The maximum Gasteiger partial charge on any atom is 0.321 e. The van der Waals surface area contributed by atoms with E-state index in [1.807, 2.05) is 6.92 Å². The quantitative estimate of drug-likeness (QED) is 0.743. The Morgan fingerprint density at radius 2 is 2.19 bits per heavy atom. The van der Waals surface area contributed by atoms with Crippen molar-refractivity contribution in [1.82, 2.24) is 24.8 Å². The Hall–Kier alpha value is -2.46. The summed E-state index contributed by atoms with van der Waals surface area (Å²) in [6.07, 6.45) is 1.79. The fourth-order valence-electron chi connectivity index (χ4n) is 2.98. The number of nitrogens with one attached hydrogen (secondary N) is 3. The Bertz CT molecular complexity index is 895. The molecule has 1 aromatic carbocycles. The van der Waals surface area contributed by atoms with Crippen LogP contribution in [0, 0.1) is 6.92 Å². The summed E-state index contributed by atoms with van der Waals surface area (Å²) in [5, 5.41) is 9.80. The first-order valence-electron chi connectivity index (χ1n) is 8.37. The second-order valence-electron chi connectivity index (χ2n) is 6.23. The molecule has 2 amide bonds. The highest BCUT2D eigenvalue weighted by Crippen LogP contribution is 2.25. The summed E-state index contributed by atoms with van der Waals surface area (Å²) in [6.45, 7) is 3.01. The molecule has 0 bridgehead atoms. The summed E-state index contributed by atoms with van der Waals surface area (Å²) in [7, 11) is -2.21. The average molecular weight is 378 g/mol. The van der Waals surface area contributed by atoms with Gasteiger partial charge in [0.2, 0.25) is 10.0 Å². The molecule has 2 aromatic rings. The standard InChI is InChI=1S/C16H22N6O3S/c1-11-18-15(21-20-11)12-5-4-8-22(10-12)16(23)19-13-6-3-7-14(9-13)26(24,25)17-2/h3,6-7,9,12,17H,4-5,8,10H2,1-2H3,(H,19,23)(H,18,20,21)/t12-/m1/s1. The van der Waals surface area contributed by atoms with Crippen LogP contribution in [0.1, 0.15) is 30.4 Å². The monoisotopic (exact) mass is 378 g/mol. The van der Waals surface area contributed by atoms with Crippen LogP contribution >= 0.6 is 0 Å². The Morgan fingerprint density at radius 3 is 2.88 bits per heavy atom. The maximum atomic E-state index is 12.6. The summed E-state index contributed by atoms with van der Waals surface area (Å²) < 4.78 is 26.0. The van der Waals surface area contributed by atoms with Crippen LogP contribution in [0.3, 0.4) is 0 Å². The van der Waals surface area contributed by atoms with Gasteiger partial charge >= 0.3 is 6.03 Å². The van der Waals surface area contributed by atoms with Gasteiger partial charge in [0.15, 0.2) is 5.82 Å². The van der Waals surface area contributed by atoms with Crippen molar-refractivity contribution in [2.75, 3.05) is 25.5 Å². The molecule has 0 aliphatic carbocycles. The van der Waals surface area contributed by atoms with Gasteiger partial charge in [-0.2, -0.15) is 5.10 Å². The predicted octanol–water partition coefficient (Wildman–Crippen LogP) is 1.43. The topological polar surface area (TPSA) is 120 Å². The number of anilines is 1. The number of nitrogens with zero attached hydrogens (tertiary/aromatic N) is 3. The molecule has 9 nitrogen and oxygen atoms in total. The molecule has 2 heterocycles. The predicted molar refractivity (Wildman–Crippen MR) is 96.4 cm³/mol. The van der Waals surface area contributed by atoms with Crippen molar-refractivity contribution >= 4 is 21.7 Å². The minimum absolute atomic E-state index is 0.0930. The average Bonchev–Trinajstić information content (AvgIpc) is 3.08. The molecule has 1 saturated heterocycles. The second-order valence-corrected chi connectivity index (χ2v) is 8.12. The fourth-order valence-corrected chi connectivity index (χ4v) is 3.75. The van der Waals surface area contributed by atoms with Gasteiger partial charge in [-0.1, -0.05) is 6.07 Å². The van der Waals surface area contributed by atoms with Crippen LogP contribution in [0.25, 0.3) is 0 Å². The third-order valence-electron chi connectivity index (χ3n) is 4.35. The fraction of sp³-hybridized carbons (Fsp3) is 0.438. The molecule has 10 heteroatoms. The SMILES string of the molecule is CNS(=O)(=O)c1cccc(NC(=O)N2CCC[C@@H](c3n[nH]c(C)n3)C2)c1. The number of rotatable bonds is 4. The van der Waals surface area contributed by atoms with Crippen molar-refractivity contribution in [1.29, 1.82) is 0 Å². The molecule has 0 spiro atoms. The van der Waals surface area contributed by atoms with Gasteiger partial charge in [0, 0.05) is 24.7 Å². The molecule has 1 aliphatic heterocycles. The summed E-state index contributed by atoms with van der Waals surface area (Å²) >= 11 is 0. The molecule has 26 heavy (non-hydrogen) atoms. The number of hydrogen-bond acceptors (Lipinski definition) is 5. The number of H-pyrrole nitrogens is 1. The van der Waals surface area contributed by atoms with Crippen molar-refractivity contribution in [2.45, 2.75) is 30.6 Å². The Balaban J connectivity index is 1.69. The number of aromatic nitrogens is 3. The number of benzene rings is 1. The lowest BCUT2D eigenvalue weighted by molar-refractivity contribution is 0.191. The Morgan fingerprint density at radius 1 is 1.38 bits per heavy atom. The van der Waals surface area contributed by atoms with Gasteiger partial charge in [-0.3, -0.25) is 5.10 Å². The van der Waals surface area contributed by atoms with Gasteiger partial charge in [-0.25, -0.2) is 22.9 Å². The molecule has 0 saturated carbocycles. The normalized spacial score (nSPS) is 17.9. The molecule has 3 N–H and O–H groups in total. The number of piperidine rings is 1. The van der Waals surface area contributed by atoms with E-state index in [-0.39, 0.29) is 16.8 Å². The van der Waals surface area contributed by atoms with Gasteiger partial charge in [0.1, 0.15) is 5.82 Å². The van der Waals surface area contributed by atoms with Gasteiger partial charge in [-0.15, -0.1) is 0 Å². The summed E-state index contributed by atoms with van der Waals surface area (Å²) in [5.74, 6) is 1.57. The minimum Gasteiger partial charge on any atom is -0.324 e. The van der Waals surface area contributed by atoms with Crippen LogP contribution in [0.15, 0.2) is 29.2 Å². The van der Waals surface area contributed by atoms with Crippen molar-refractivity contribution in [2.24, 2.45) is 0 Å². The number of sulfonamides is 1. The smallest absolute Gasteiger partial charge is 0.321 e. The Kier molecular flexibility index (Phi) is 5.23. The largest absolute Gasteiger partial charge is 0.324 e. The molecule has 3 rings (SSSR count). The molecule has 1 atom stereocenters. The third-order valence-corrected chi connectivity index (χ3v) is 5.76. The van der Waals surface area contributed by atoms with Crippen molar-refractivity contribution < 1.29 is 13.2 Å². The van der Waals surface area contributed by atoms with Crippen molar-refractivity contribution in [3.8, 4) is 0 Å². The van der Waals surface area contributed by atoms with E-state index in [2.05, 4.69) is 25.2 Å². The molecule has 0 radical (unpaired) electrons. The van der Waals surface area contributed by atoms with Gasteiger partial charge in [0.05, 0.1) is 4.90 Å². The maximum absolute atomic E-state index is 12.6. The van der Waals surface area contributed by atoms with Crippen molar-refractivity contribution in [3.05, 3.63) is 35.9 Å². The zero-order valence-electron chi connectivity index (χ0n) is 14.7. The number of likely N-dealkylation sites (tertiary alicyclic amines) is 1. The zero-order chi connectivity index (χ0) is 18.7. The van der Waals surface area contributed by atoms with E-state index >= 15 is 0 Å². The number of hydrogen-bond donors (Lipinski definition) is 3. The highest BCUT2D eigenvalue weighted by molar-refractivity contribution is 7.89. The molecule has 1 fully saturated rings. The first-order chi connectivity index (χ1) is 12.4. The molecular formula is C16H22N6O3S. The Labute approximate surface area is 152 Å². The number of carbonyl (C=O) groups is 1. The lowest BCUT2D eigenvalue weighted by Crippen LogP contribution is -2.41. The van der Waals surface area contributed by atoms with E-state index in [1.165, 1.54) is 19.2 Å². The van der Waals surface area contributed by atoms with Crippen LogP contribution in [-0.4, -0.2) is 54.7 Å². The first-order valence-corrected chi connectivity index (χ1v) is 9.86. The van der Waals surface area contributed by atoms with Gasteiger partial charge in [0.25, 0.3) is 0 Å². The number of urea groups is 1. The molecule has 0 unspecified atom stereocenters. The molecular weight excluding hydrogens is 356 g/mol. The van der Waals surface area contributed by atoms with E-state index in [1.54, 1.807) is 17.0 Å². The van der Waals surface area contributed by atoms with Gasteiger partial charge in [-0.05, 0) is 45.0 Å². The third kappa shape index (κ3) is 4.02. The second kappa shape index (κ2) is 7.42. The lowest BCUT2D eigenvalue weighted by atomic mass is 9.98. The lowest BCUT2D eigenvalue weighted by Gasteiger charge is -2.31. The van der Waals surface area contributed by atoms with E-state index in [9.17, 15) is 13.2 Å². The van der Waals surface area contributed by atoms with E-state index < -0.39 is 10.0 Å². The van der Waals surface area contributed by atoms with Crippen molar-refractivity contribution in [3.63, 3.8) is 0 Å². The molecule has 1 aliphatic rings. The highest BCUT2D eigenvalue weighted by Gasteiger charge is 2.27. The first kappa shape index (κ1) is 18.3. The van der Waals surface area contributed by atoms with Crippen LogP contribution in [0.5, 0.6) is 0 Å². The number of carbonyl (C=O) groups excluding carboxylic acids is 1. The molecule has 1 aromatic heterocycles. The van der Waals surface area contributed by atoms with Crippen LogP contribution in [0.4, 0.5) is 10.5 Å². The number of aryl methyl sites for hydroxylation is 1. The summed E-state index contributed by atoms with van der Waals surface area (Å²) in [4.78, 5) is 18.8. The minimum atomic E-state index is -3.56. The van der Waals surface area contributed by atoms with Crippen LogP contribution < -0.4 is 10.0 Å². The van der Waals surface area contributed by atoms with E-state index in [0.717, 1.165) is 24.5 Å². The van der Waals surface area contributed by atoms with Crippen LogP contribution in [-0.2, 0) is 10.0 Å². The van der Waals surface area contributed by atoms with E-state index in [4.69, 9.17) is 0 Å². The number of aromatic amines is 1. The van der Waals surface area contributed by atoms with E-state index in [0.29, 0.717) is 18.8 Å². The highest BCUT2D eigenvalue weighted by atomic mass is 32.2. The molecule has 140 valence electrons. The number of amides is 2. The summed E-state index contributed by atoms with van der Waals surface area (Å²) in [6, 6.07) is 5.90. The summed E-state index contributed by atoms with van der Waals surface area (Å²) in [5.41, 5.74) is 0.433. The zero-order valence-corrected chi connectivity index (χ0v) is 15.5.